The first-order valence-corrected chi connectivity index (χ1v) is 6.87. The number of benzene rings is 1. The lowest BCUT2D eigenvalue weighted by Gasteiger charge is -2.14. The van der Waals surface area contributed by atoms with Gasteiger partial charge in [0.1, 0.15) is 11.5 Å². The van der Waals surface area contributed by atoms with Crippen LogP contribution in [0.25, 0.3) is 0 Å². The van der Waals surface area contributed by atoms with Crippen molar-refractivity contribution >= 4 is 17.6 Å². The summed E-state index contributed by atoms with van der Waals surface area (Å²) >= 11 is 0. The first-order valence-electron chi connectivity index (χ1n) is 6.87. The number of esters is 1. The van der Waals surface area contributed by atoms with Gasteiger partial charge in [-0.25, -0.2) is 4.79 Å². The van der Waals surface area contributed by atoms with Crippen LogP contribution in [0, 0.1) is 0 Å². The fraction of sp³-hybridized carbons (Fsp3) is 0.333. The second-order valence-corrected chi connectivity index (χ2v) is 4.60. The Morgan fingerprint density at radius 2 is 1.81 bits per heavy atom. The number of hydrogen-bond acceptors (Lipinski definition) is 7. The number of nitrogens with one attached hydrogen (secondary N) is 1. The molecule has 0 bridgehead atoms. The van der Waals surface area contributed by atoms with Crippen molar-refractivity contribution in [1.29, 1.82) is 0 Å². The van der Waals surface area contributed by atoms with Crippen molar-refractivity contribution in [2.45, 2.75) is 6.18 Å². The fourth-order valence-corrected chi connectivity index (χ4v) is 1.69. The van der Waals surface area contributed by atoms with Crippen LogP contribution in [0.4, 0.5) is 18.9 Å². The van der Waals surface area contributed by atoms with Crippen molar-refractivity contribution in [2.24, 2.45) is 0 Å². The number of carbonyl (C=O) groups is 2. The molecule has 0 aliphatic carbocycles. The molecule has 26 heavy (non-hydrogen) atoms. The summed E-state index contributed by atoms with van der Waals surface area (Å²) in [6, 6.07) is 4.23. The molecule has 0 aromatic heterocycles. The van der Waals surface area contributed by atoms with Crippen LogP contribution in [0.5, 0.6) is 11.5 Å². The molecule has 1 aromatic carbocycles. The Bertz CT molecular complexity index is 701. The van der Waals surface area contributed by atoms with E-state index < -0.39 is 36.2 Å². The van der Waals surface area contributed by atoms with E-state index in [1.54, 1.807) is 0 Å². The maximum Gasteiger partial charge on any atom is 0.422 e. The molecule has 0 spiro atoms. The van der Waals surface area contributed by atoms with Gasteiger partial charge in [-0.2, -0.15) is 13.2 Å². The molecule has 0 atom stereocenters. The highest BCUT2D eigenvalue weighted by Crippen LogP contribution is 2.29. The van der Waals surface area contributed by atoms with Gasteiger partial charge in [-0.1, -0.05) is 0 Å². The molecule has 0 saturated carbocycles. The van der Waals surface area contributed by atoms with E-state index >= 15 is 0 Å². The van der Waals surface area contributed by atoms with Gasteiger partial charge in [-0.15, -0.1) is 0 Å². The van der Waals surface area contributed by atoms with Gasteiger partial charge in [0.05, 0.1) is 27.0 Å². The third-order valence-electron chi connectivity index (χ3n) is 2.86. The number of anilines is 1. The molecule has 2 N–H and O–H groups in total. The summed E-state index contributed by atoms with van der Waals surface area (Å²) in [6.45, 7) is -1.94. The third kappa shape index (κ3) is 5.76. The van der Waals surface area contributed by atoms with Crippen LogP contribution in [-0.2, 0) is 19.1 Å². The smallest absolute Gasteiger partial charge is 0.422 e. The number of ether oxygens (including phenoxy) is 4. The molecule has 0 radical (unpaired) electrons. The number of hydrogen-bond donors (Lipinski definition) is 2. The highest BCUT2D eigenvalue weighted by atomic mass is 19.4. The molecule has 1 rings (SSSR count). The standard InChI is InChI=1S/C15H16F3NO7/c1-23-8-4-5-9(10(6-8)24-2)19-12(20)11(13(21)25-3)14(22)26-7-15(16,17)18/h4-6,21H,7H2,1-3H3,(H,19,20)/b13-11+. The normalized spacial score (nSPS) is 11.9. The maximum absolute atomic E-state index is 12.2. The van der Waals surface area contributed by atoms with Gasteiger partial charge in [-0.3, -0.25) is 4.79 Å². The van der Waals surface area contributed by atoms with E-state index in [1.807, 2.05) is 0 Å². The van der Waals surface area contributed by atoms with Crippen LogP contribution in [0.1, 0.15) is 0 Å². The Hall–Kier alpha value is -3.11. The Kier molecular flexibility index (Phi) is 7.11. The summed E-state index contributed by atoms with van der Waals surface area (Å²) in [5, 5.41) is 11.7. The van der Waals surface area contributed by atoms with E-state index in [1.165, 1.54) is 32.4 Å². The molecule has 1 amide bonds. The zero-order valence-corrected chi connectivity index (χ0v) is 14.0. The second kappa shape index (κ2) is 8.83. The average molecular weight is 379 g/mol. The van der Waals surface area contributed by atoms with Crippen molar-refractivity contribution in [1.82, 2.24) is 0 Å². The molecule has 8 nitrogen and oxygen atoms in total. The lowest BCUT2D eigenvalue weighted by molar-refractivity contribution is -0.184. The predicted octanol–water partition coefficient (Wildman–Crippen LogP) is 2.16. The fourth-order valence-electron chi connectivity index (χ4n) is 1.69. The lowest BCUT2D eigenvalue weighted by Crippen LogP contribution is -2.28. The van der Waals surface area contributed by atoms with Crippen LogP contribution >= 0.6 is 0 Å². The van der Waals surface area contributed by atoms with Gasteiger partial charge in [0.15, 0.2) is 6.61 Å². The summed E-state index contributed by atoms with van der Waals surface area (Å²) in [7, 11) is 3.61. The summed E-state index contributed by atoms with van der Waals surface area (Å²) < 4.78 is 54.8. The Morgan fingerprint density at radius 1 is 1.15 bits per heavy atom. The molecular weight excluding hydrogens is 363 g/mol. The maximum atomic E-state index is 12.2. The number of rotatable bonds is 7. The van der Waals surface area contributed by atoms with E-state index in [4.69, 9.17) is 9.47 Å². The number of aliphatic hydroxyl groups is 1. The van der Waals surface area contributed by atoms with Gasteiger partial charge in [-0.05, 0) is 12.1 Å². The number of aliphatic hydroxyl groups excluding tert-OH is 1. The lowest BCUT2D eigenvalue weighted by atomic mass is 10.2. The van der Waals surface area contributed by atoms with Gasteiger partial charge in [0.2, 0.25) is 5.57 Å². The minimum absolute atomic E-state index is 0.0586. The summed E-state index contributed by atoms with van der Waals surface area (Å²) in [5.41, 5.74) is -1.09. The minimum atomic E-state index is -4.81. The van der Waals surface area contributed by atoms with Crippen molar-refractivity contribution in [2.75, 3.05) is 33.3 Å². The van der Waals surface area contributed by atoms with Crippen LogP contribution in [0.3, 0.4) is 0 Å². The highest BCUT2D eigenvalue weighted by Gasteiger charge is 2.33. The summed E-state index contributed by atoms with van der Waals surface area (Å²) in [6.07, 6.45) is -4.81. The predicted molar refractivity (Wildman–Crippen MR) is 81.9 cm³/mol. The van der Waals surface area contributed by atoms with Crippen molar-refractivity contribution < 1.29 is 46.8 Å². The van der Waals surface area contributed by atoms with Crippen LogP contribution in [0.15, 0.2) is 29.7 Å². The molecule has 0 fully saturated rings. The SMILES string of the molecule is CO/C(O)=C(\C(=O)Nc1ccc(OC)cc1OC)C(=O)OCC(F)(F)F. The summed E-state index contributed by atoms with van der Waals surface area (Å²) in [5.74, 6) is -3.65. The van der Waals surface area contributed by atoms with Crippen LogP contribution in [0.2, 0.25) is 0 Å². The quantitative estimate of drug-likeness (QED) is 0.246. The molecule has 0 aliphatic heterocycles. The largest absolute Gasteiger partial charge is 0.497 e. The van der Waals surface area contributed by atoms with Crippen molar-refractivity contribution in [3.05, 3.63) is 29.7 Å². The Morgan fingerprint density at radius 3 is 2.31 bits per heavy atom. The third-order valence-corrected chi connectivity index (χ3v) is 2.86. The molecule has 144 valence electrons. The number of amides is 1. The minimum Gasteiger partial charge on any atom is -0.497 e. The molecule has 11 heteroatoms. The van der Waals surface area contributed by atoms with E-state index in [0.717, 1.165) is 7.11 Å². The number of alkyl halides is 3. The van der Waals surface area contributed by atoms with Gasteiger partial charge < -0.3 is 29.4 Å². The molecular formula is C15H16F3NO7. The van der Waals surface area contributed by atoms with Gasteiger partial charge in [0, 0.05) is 6.07 Å². The Labute approximate surface area is 146 Å². The van der Waals surface area contributed by atoms with Crippen molar-refractivity contribution in [3.8, 4) is 11.5 Å². The number of carbonyl (C=O) groups excluding carboxylic acids is 2. The van der Waals surface area contributed by atoms with Gasteiger partial charge in [0.25, 0.3) is 11.9 Å². The van der Waals surface area contributed by atoms with E-state index in [-0.39, 0.29) is 11.4 Å². The number of halogens is 3. The van der Waals surface area contributed by atoms with E-state index in [9.17, 15) is 27.9 Å². The molecule has 0 heterocycles. The second-order valence-electron chi connectivity index (χ2n) is 4.60. The zero-order valence-electron chi connectivity index (χ0n) is 14.0. The van der Waals surface area contributed by atoms with Crippen LogP contribution < -0.4 is 14.8 Å². The number of methoxy groups -OCH3 is 3. The average Bonchev–Trinajstić information content (AvgIpc) is 2.59. The van der Waals surface area contributed by atoms with Gasteiger partial charge >= 0.3 is 12.1 Å². The van der Waals surface area contributed by atoms with E-state index in [0.29, 0.717) is 5.75 Å². The molecule has 0 aliphatic rings. The van der Waals surface area contributed by atoms with E-state index in [2.05, 4.69) is 14.8 Å². The molecule has 1 aromatic rings. The first-order chi connectivity index (χ1) is 12.1. The first kappa shape index (κ1) is 20.9. The zero-order chi connectivity index (χ0) is 19.9. The molecule has 0 saturated heterocycles. The Balaban J connectivity index is 3.07. The summed E-state index contributed by atoms with van der Waals surface area (Å²) in [4.78, 5) is 24.0. The monoisotopic (exact) mass is 379 g/mol. The molecule has 0 unspecified atom stereocenters. The van der Waals surface area contributed by atoms with Crippen molar-refractivity contribution in [3.63, 3.8) is 0 Å². The highest BCUT2D eigenvalue weighted by molar-refractivity contribution is 6.21. The van der Waals surface area contributed by atoms with Crippen LogP contribution in [-0.4, -0.2) is 51.1 Å². The topological polar surface area (TPSA) is 103 Å².